The van der Waals surface area contributed by atoms with Crippen LogP contribution in [0, 0.1) is 10.1 Å². The smallest absolute Gasteiger partial charge is 0.291 e. The molecule has 152 valence electrons. The average molecular weight is 410 g/mol. The number of hydrogen-bond donors (Lipinski definition) is 1. The zero-order chi connectivity index (χ0) is 21.6. The summed E-state index contributed by atoms with van der Waals surface area (Å²) in [6.07, 6.45) is 4.03. The van der Waals surface area contributed by atoms with Crippen molar-refractivity contribution in [3.63, 3.8) is 0 Å². The molecule has 0 radical (unpaired) electrons. The molecule has 0 spiro atoms. The monoisotopic (exact) mass is 410 g/mol. The molecule has 0 saturated carbocycles. The molecule has 0 saturated heterocycles. The number of furan rings is 1. The lowest BCUT2D eigenvalue weighted by Gasteiger charge is -2.04. The zero-order valence-electron chi connectivity index (χ0n) is 16.4. The second-order valence-corrected chi connectivity index (χ2v) is 6.79. The van der Waals surface area contributed by atoms with Crippen LogP contribution in [-0.4, -0.2) is 10.8 Å². The highest BCUT2D eigenvalue weighted by Gasteiger charge is 2.13. The molecule has 0 aliphatic rings. The summed E-state index contributed by atoms with van der Waals surface area (Å²) in [6, 6.07) is 26.7. The lowest BCUT2D eigenvalue weighted by molar-refractivity contribution is -0.384. The fourth-order valence-corrected chi connectivity index (χ4v) is 2.99. The molecule has 3 aromatic carbocycles. The van der Waals surface area contributed by atoms with Gasteiger partial charge in [0.15, 0.2) is 5.76 Å². The third-order valence-electron chi connectivity index (χ3n) is 4.63. The van der Waals surface area contributed by atoms with Crippen LogP contribution in [0.2, 0.25) is 0 Å². The van der Waals surface area contributed by atoms with Gasteiger partial charge in [-0.15, -0.1) is 0 Å². The van der Waals surface area contributed by atoms with Crippen molar-refractivity contribution in [1.29, 1.82) is 0 Å². The summed E-state index contributed by atoms with van der Waals surface area (Å²) in [6.45, 7) is 0. The molecule has 1 aromatic heterocycles. The van der Waals surface area contributed by atoms with Crippen molar-refractivity contribution in [1.82, 2.24) is 0 Å². The topological polar surface area (TPSA) is 85.4 Å². The van der Waals surface area contributed by atoms with E-state index in [9.17, 15) is 14.9 Å². The summed E-state index contributed by atoms with van der Waals surface area (Å²) in [5, 5.41) is 13.6. The Morgan fingerprint density at radius 3 is 2.10 bits per heavy atom. The molecular formula is C25H18N2O4. The molecule has 1 amide bonds. The summed E-state index contributed by atoms with van der Waals surface area (Å²) in [5.74, 6) is 0.239. The molecule has 1 N–H and O–H groups in total. The summed E-state index contributed by atoms with van der Waals surface area (Å²) in [7, 11) is 0. The number of carbonyl (C=O) groups excluding carboxylic acids is 1. The zero-order valence-corrected chi connectivity index (χ0v) is 16.4. The number of carbonyl (C=O) groups is 1. The van der Waals surface area contributed by atoms with Crippen molar-refractivity contribution in [3.05, 3.63) is 118 Å². The predicted octanol–water partition coefficient (Wildman–Crippen LogP) is 6.28. The molecule has 0 aliphatic heterocycles. The van der Waals surface area contributed by atoms with E-state index in [1.165, 1.54) is 12.1 Å². The van der Waals surface area contributed by atoms with Crippen LogP contribution in [0.15, 0.2) is 95.4 Å². The van der Waals surface area contributed by atoms with E-state index in [1.807, 2.05) is 66.7 Å². The lowest BCUT2D eigenvalue weighted by atomic mass is 10.1. The molecule has 0 aliphatic carbocycles. The van der Waals surface area contributed by atoms with Gasteiger partial charge in [0, 0.05) is 23.4 Å². The normalized spacial score (nSPS) is 10.8. The number of anilines is 1. The molecule has 0 unspecified atom stereocenters. The van der Waals surface area contributed by atoms with E-state index < -0.39 is 4.92 Å². The van der Waals surface area contributed by atoms with Crippen molar-refractivity contribution in [3.8, 4) is 11.3 Å². The molecule has 4 rings (SSSR count). The van der Waals surface area contributed by atoms with E-state index >= 15 is 0 Å². The Hall–Kier alpha value is -4.45. The van der Waals surface area contributed by atoms with E-state index in [0.29, 0.717) is 17.0 Å². The lowest BCUT2D eigenvalue weighted by Crippen LogP contribution is -2.10. The van der Waals surface area contributed by atoms with Gasteiger partial charge in [-0.2, -0.15) is 0 Å². The standard InChI is InChI=1S/C25H18N2O4/c28-25(24-17-16-23(31-24)20-10-14-22(15-11-20)27(29)30)26-21-12-8-19(9-13-21)7-6-18-4-2-1-3-5-18/h1-17H,(H,26,28)/b7-6+. The Kier molecular flexibility index (Phi) is 5.71. The molecular weight excluding hydrogens is 392 g/mol. The minimum absolute atomic E-state index is 0.00432. The molecule has 0 fully saturated rings. The highest BCUT2D eigenvalue weighted by atomic mass is 16.6. The first-order chi connectivity index (χ1) is 15.1. The molecule has 0 bridgehead atoms. The molecule has 4 aromatic rings. The van der Waals surface area contributed by atoms with Crippen molar-refractivity contribution >= 4 is 29.4 Å². The van der Waals surface area contributed by atoms with Crippen LogP contribution in [0.4, 0.5) is 11.4 Å². The van der Waals surface area contributed by atoms with E-state index in [-0.39, 0.29) is 17.4 Å². The van der Waals surface area contributed by atoms with E-state index in [1.54, 1.807) is 24.3 Å². The van der Waals surface area contributed by atoms with Crippen LogP contribution in [0.25, 0.3) is 23.5 Å². The predicted molar refractivity (Wildman–Crippen MR) is 121 cm³/mol. The third-order valence-corrected chi connectivity index (χ3v) is 4.63. The summed E-state index contributed by atoms with van der Waals surface area (Å²) >= 11 is 0. The van der Waals surface area contributed by atoms with Gasteiger partial charge in [-0.25, -0.2) is 0 Å². The first kappa shape index (κ1) is 19.8. The number of non-ortho nitro benzene ring substituents is 1. The Bertz CT molecular complexity index is 1220. The third kappa shape index (κ3) is 4.94. The summed E-state index contributed by atoms with van der Waals surface area (Å²) < 4.78 is 5.62. The van der Waals surface area contributed by atoms with E-state index in [4.69, 9.17) is 4.42 Å². The number of hydrogen-bond acceptors (Lipinski definition) is 4. The van der Waals surface area contributed by atoms with Gasteiger partial charge in [-0.3, -0.25) is 14.9 Å². The fourth-order valence-electron chi connectivity index (χ4n) is 2.99. The number of nitrogens with zero attached hydrogens (tertiary/aromatic N) is 1. The number of benzene rings is 3. The first-order valence-electron chi connectivity index (χ1n) is 9.58. The molecule has 31 heavy (non-hydrogen) atoms. The summed E-state index contributed by atoms with van der Waals surface area (Å²) in [4.78, 5) is 22.8. The van der Waals surface area contributed by atoms with Crippen LogP contribution in [0.3, 0.4) is 0 Å². The number of nitrogens with one attached hydrogen (secondary N) is 1. The number of amides is 1. The van der Waals surface area contributed by atoms with Crippen molar-refractivity contribution in [2.45, 2.75) is 0 Å². The van der Waals surface area contributed by atoms with Crippen molar-refractivity contribution in [2.24, 2.45) is 0 Å². The molecule has 6 heteroatoms. The first-order valence-corrected chi connectivity index (χ1v) is 9.58. The summed E-state index contributed by atoms with van der Waals surface area (Å²) in [5.41, 5.74) is 3.42. The van der Waals surface area contributed by atoms with Crippen molar-refractivity contribution < 1.29 is 14.1 Å². The quantitative estimate of drug-likeness (QED) is 0.230. The molecule has 6 nitrogen and oxygen atoms in total. The maximum absolute atomic E-state index is 12.5. The Labute approximate surface area is 178 Å². The van der Waals surface area contributed by atoms with Gasteiger partial charge in [0.25, 0.3) is 11.6 Å². The average Bonchev–Trinajstić information content (AvgIpc) is 3.30. The highest BCUT2D eigenvalue weighted by molar-refractivity contribution is 6.02. The van der Waals surface area contributed by atoms with Crippen LogP contribution in [0.5, 0.6) is 0 Å². The SMILES string of the molecule is O=C(Nc1ccc(/C=C/c2ccccc2)cc1)c1ccc(-c2ccc([N+](=O)[O-])cc2)o1. The second-order valence-electron chi connectivity index (χ2n) is 6.79. The second kappa shape index (κ2) is 8.92. The highest BCUT2D eigenvalue weighted by Crippen LogP contribution is 2.25. The fraction of sp³-hybridized carbons (Fsp3) is 0. The van der Waals surface area contributed by atoms with Crippen LogP contribution >= 0.6 is 0 Å². The Morgan fingerprint density at radius 1 is 0.806 bits per heavy atom. The minimum atomic E-state index is -0.465. The Morgan fingerprint density at radius 2 is 1.45 bits per heavy atom. The maximum Gasteiger partial charge on any atom is 0.291 e. The molecule has 1 heterocycles. The van der Waals surface area contributed by atoms with Crippen LogP contribution < -0.4 is 5.32 Å². The van der Waals surface area contributed by atoms with E-state index in [0.717, 1.165) is 11.1 Å². The van der Waals surface area contributed by atoms with Gasteiger partial charge >= 0.3 is 0 Å². The minimum Gasteiger partial charge on any atom is -0.451 e. The van der Waals surface area contributed by atoms with Crippen LogP contribution in [0.1, 0.15) is 21.7 Å². The van der Waals surface area contributed by atoms with Gasteiger partial charge in [-0.05, 0) is 47.5 Å². The van der Waals surface area contributed by atoms with Crippen molar-refractivity contribution in [2.75, 3.05) is 5.32 Å². The Balaban J connectivity index is 1.40. The van der Waals surface area contributed by atoms with E-state index in [2.05, 4.69) is 5.32 Å². The maximum atomic E-state index is 12.5. The molecule has 0 atom stereocenters. The van der Waals surface area contributed by atoms with Gasteiger partial charge in [-0.1, -0.05) is 54.6 Å². The number of rotatable bonds is 6. The van der Waals surface area contributed by atoms with Gasteiger partial charge in [0.2, 0.25) is 0 Å². The number of nitro groups is 1. The number of nitro benzene ring substituents is 1. The van der Waals surface area contributed by atoms with Gasteiger partial charge in [0.05, 0.1) is 4.92 Å². The largest absolute Gasteiger partial charge is 0.451 e. The van der Waals surface area contributed by atoms with Crippen LogP contribution in [-0.2, 0) is 0 Å². The van der Waals surface area contributed by atoms with Gasteiger partial charge in [0.1, 0.15) is 5.76 Å². The van der Waals surface area contributed by atoms with Gasteiger partial charge < -0.3 is 9.73 Å².